The van der Waals surface area contributed by atoms with Gasteiger partial charge in [0, 0.05) is 11.2 Å². The van der Waals surface area contributed by atoms with Gasteiger partial charge in [0.15, 0.2) is 0 Å². The van der Waals surface area contributed by atoms with E-state index in [1.807, 2.05) is 11.8 Å². The summed E-state index contributed by atoms with van der Waals surface area (Å²) in [6.07, 6.45) is 5.55. The third-order valence-corrected chi connectivity index (χ3v) is 5.90. The molecule has 2 fully saturated rings. The number of aliphatic hydroxyl groups is 1. The van der Waals surface area contributed by atoms with Gasteiger partial charge in [0.2, 0.25) is 0 Å². The number of aliphatic hydroxyl groups excluding tert-OH is 1. The Balaban J connectivity index is 1.63. The maximum absolute atomic E-state index is 9.35. The number of thioether (sulfide) groups is 1. The Morgan fingerprint density at radius 1 is 1.24 bits per heavy atom. The molecule has 3 heteroatoms. The molecule has 100 valence electrons. The first-order valence-corrected chi connectivity index (χ1v) is 7.97. The topological polar surface area (TPSA) is 29.5 Å². The van der Waals surface area contributed by atoms with Crippen LogP contribution < -0.4 is 0 Å². The summed E-state index contributed by atoms with van der Waals surface area (Å²) in [7, 11) is 0. The summed E-state index contributed by atoms with van der Waals surface area (Å²) in [5.41, 5.74) is 0.675. The van der Waals surface area contributed by atoms with Crippen LogP contribution in [0, 0.1) is 16.7 Å². The van der Waals surface area contributed by atoms with E-state index >= 15 is 0 Å². The summed E-state index contributed by atoms with van der Waals surface area (Å²) in [6.45, 7) is 6.59. The average Bonchev–Trinajstić information content (AvgIpc) is 2.24. The van der Waals surface area contributed by atoms with Crippen molar-refractivity contribution in [2.45, 2.75) is 39.5 Å². The zero-order valence-electron chi connectivity index (χ0n) is 11.2. The number of hydrogen-bond acceptors (Lipinski definition) is 3. The normalized spacial score (nSPS) is 27.7. The summed E-state index contributed by atoms with van der Waals surface area (Å²) < 4.78 is 5.23. The molecular formula is C14H26O2S. The lowest BCUT2D eigenvalue weighted by atomic mass is 9.74. The van der Waals surface area contributed by atoms with E-state index in [1.54, 1.807) is 0 Å². The van der Waals surface area contributed by atoms with Gasteiger partial charge in [-0.25, -0.2) is 0 Å². The molecular weight excluding hydrogens is 232 g/mol. The molecule has 0 radical (unpaired) electrons. The zero-order valence-corrected chi connectivity index (χ0v) is 12.0. The second-order valence-electron chi connectivity index (χ2n) is 6.77. The van der Waals surface area contributed by atoms with E-state index in [0.717, 1.165) is 24.9 Å². The highest BCUT2D eigenvalue weighted by Crippen LogP contribution is 2.40. The fourth-order valence-electron chi connectivity index (χ4n) is 2.68. The molecule has 1 heterocycles. The van der Waals surface area contributed by atoms with Gasteiger partial charge in [-0.15, -0.1) is 0 Å². The Labute approximate surface area is 110 Å². The third-order valence-electron chi connectivity index (χ3n) is 4.37. The average molecular weight is 258 g/mol. The fourth-order valence-corrected chi connectivity index (χ4v) is 4.15. The largest absolute Gasteiger partial charge is 0.396 e. The predicted molar refractivity (Wildman–Crippen MR) is 73.4 cm³/mol. The van der Waals surface area contributed by atoms with Crippen LogP contribution >= 0.6 is 11.8 Å². The van der Waals surface area contributed by atoms with Crippen molar-refractivity contribution in [2.75, 3.05) is 31.3 Å². The molecule has 0 bridgehead atoms. The van der Waals surface area contributed by atoms with Gasteiger partial charge >= 0.3 is 0 Å². The molecule has 0 aromatic rings. The quantitative estimate of drug-likeness (QED) is 0.822. The van der Waals surface area contributed by atoms with Gasteiger partial charge < -0.3 is 9.84 Å². The molecule has 2 rings (SSSR count). The molecule has 1 saturated carbocycles. The van der Waals surface area contributed by atoms with Crippen LogP contribution in [-0.4, -0.2) is 36.4 Å². The van der Waals surface area contributed by atoms with Gasteiger partial charge in [0.25, 0.3) is 0 Å². The number of hydrogen-bond donors (Lipinski definition) is 1. The van der Waals surface area contributed by atoms with Crippen LogP contribution in [0.3, 0.4) is 0 Å². The van der Waals surface area contributed by atoms with E-state index in [1.165, 1.54) is 31.4 Å². The Morgan fingerprint density at radius 2 is 1.88 bits per heavy atom. The van der Waals surface area contributed by atoms with E-state index in [9.17, 15) is 5.11 Å². The maximum atomic E-state index is 9.35. The number of rotatable bonds is 5. The minimum absolute atomic E-state index is 0.0958. The summed E-state index contributed by atoms with van der Waals surface area (Å²) in [6, 6.07) is 0. The van der Waals surface area contributed by atoms with Crippen LogP contribution in [0.2, 0.25) is 0 Å². The van der Waals surface area contributed by atoms with Crippen molar-refractivity contribution in [3.8, 4) is 0 Å². The molecule has 1 aliphatic heterocycles. The lowest BCUT2D eigenvalue weighted by Crippen LogP contribution is -2.47. The lowest BCUT2D eigenvalue weighted by molar-refractivity contribution is -0.121. The minimum atomic E-state index is 0.0958. The van der Waals surface area contributed by atoms with Crippen LogP contribution in [-0.2, 0) is 4.74 Å². The molecule has 0 aromatic carbocycles. The number of ether oxygens (including phenoxy) is 1. The van der Waals surface area contributed by atoms with E-state index in [0.29, 0.717) is 5.41 Å². The zero-order chi connectivity index (χ0) is 12.4. The van der Waals surface area contributed by atoms with Crippen molar-refractivity contribution < 1.29 is 9.84 Å². The van der Waals surface area contributed by atoms with Gasteiger partial charge in [-0.05, 0) is 42.8 Å². The highest BCUT2D eigenvalue weighted by Gasteiger charge is 2.38. The Morgan fingerprint density at radius 3 is 2.35 bits per heavy atom. The van der Waals surface area contributed by atoms with Crippen LogP contribution in [0.25, 0.3) is 0 Å². The first-order valence-electron chi connectivity index (χ1n) is 6.82. The van der Waals surface area contributed by atoms with Crippen LogP contribution in [0.4, 0.5) is 0 Å². The molecule has 2 aliphatic rings. The van der Waals surface area contributed by atoms with E-state index < -0.39 is 0 Å². The molecule has 17 heavy (non-hydrogen) atoms. The van der Waals surface area contributed by atoms with Crippen molar-refractivity contribution in [3.05, 3.63) is 0 Å². The van der Waals surface area contributed by atoms with E-state index in [-0.39, 0.29) is 12.0 Å². The summed E-state index contributed by atoms with van der Waals surface area (Å²) in [5, 5.41) is 9.35. The monoisotopic (exact) mass is 258 g/mol. The fraction of sp³-hybridized carbons (Fsp3) is 1.00. The third kappa shape index (κ3) is 3.62. The molecule has 2 nitrogen and oxygen atoms in total. The van der Waals surface area contributed by atoms with Crippen LogP contribution in [0.5, 0.6) is 0 Å². The summed E-state index contributed by atoms with van der Waals surface area (Å²) in [4.78, 5) is 0. The summed E-state index contributed by atoms with van der Waals surface area (Å²) >= 11 is 2.03. The van der Waals surface area contributed by atoms with Crippen LogP contribution in [0.15, 0.2) is 0 Å². The van der Waals surface area contributed by atoms with Gasteiger partial charge in [-0.3, -0.25) is 0 Å². The minimum Gasteiger partial charge on any atom is -0.396 e. The molecule has 0 aromatic heterocycles. The van der Waals surface area contributed by atoms with Gasteiger partial charge in [-0.2, -0.15) is 11.8 Å². The Hall–Kier alpha value is 0.270. The van der Waals surface area contributed by atoms with Crippen molar-refractivity contribution >= 4 is 11.8 Å². The molecule has 1 aliphatic carbocycles. The standard InChI is InChI=1S/C14H26O2S/c1-13(2)5-3-12(4-6-13)7-17-11-14(8-15)9-16-10-14/h12,15H,3-11H2,1-2H3. The van der Waals surface area contributed by atoms with Gasteiger partial charge in [-0.1, -0.05) is 13.8 Å². The van der Waals surface area contributed by atoms with Crippen LogP contribution in [0.1, 0.15) is 39.5 Å². The smallest absolute Gasteiger partial charge is 0.0575 e. The summed E-state index contributed by atoms with van der Waals surface area (Å²) in [5.74, 6) is 3.26. The SMILES string of the molecule is CC1(C)CCC(CSCC2(CO)COC2)CC1. The maximum Gasteiger partial charge on any atom is 0.0575 e. The second-order valence-corrected chi connectivity index (χ2v) is 7.80. The Bertz CT molecular complexity index is 233. The second kappa shape index (κ2) is 5.50. The van der Waals surface area contributed by atoms with Crippen molar-refractivity contribution in [2.24, 2.45) is 16.7 Å². The lowest BCUT2D eigenvalue weighted by Gasteiger charge is -2.40. The Kier molecular flexibility index (Phi) is 4.43. The molecule has 0 spiro atoms. The molecule has 0 atom stereocenters. The van der Waals surface area contributed by atoms with Crippen molar-refractivity contribution in [1.29, 1.82) is 0 Å². The van der Waals surface area contributed by atoms with Crippen molar-refractivity contribution in [1.82, 2.24) is 0 Å². The van der Waals surface area contributed by atoms with E-state index in [2.05, 4.69) is 13.8 Å². The highest BCUT2D eigenvalue weighted by molar-refractivity contribution is 7.99. The van der Waals surface area contributed by atoms with Gasteiger partial charge in [0.05, 0.1) is 19.8 Å². The van der Waals surface area contributed by atoms with E-state index in [4.69, 9.17) is 4.74 Å². The highest BCUT2D eigenvalue weighted by atomic mass is 32.2. The van der Waals surface area contributed by atoms with Gasteiger partial charge in [0.1, 0.15) is 0 Å². The predicted octanol–water partition coefficient (Wildman–Crippen LogP) is 2.94. The van der Waals surface area contributed by atoms with Crippen molar-refractivity contribution in [3.63, 3.8) is 0 Å². The molecule has 1 saturated heterocycles. The molecule has 1 N–H and O–H groups in total. The molecule has 0 amide bonds. The molecule has 0 unspecified atom stereocenters. The first-order chi connectivity index (χ1) is 8.05. The first kappa shape index (κ1) is 13.7.